The molecule has 0 aliphatic rings. The fourth-order valence-corrected chi connectivity index (χ4v) is 3.87. The van der Waals surface area contributed by atoms with Crippen molar-refractivity contribution in [2.24, 2.45) is 0 Å². The first-order valence-electron chi connectivity index (χ1n) is 11.8. The maximum absolute atomic E-state index is 13.0. The minimum Gasteiger partial charge on any atom is -0.479 e. The summed E-state index contributed by atoms with van der Waals surface area (Å²) >= 11 is 1.17. The molecule has 37 heavy (non-hydrogen) atoms. The summed E-state index contributed by atoms with van der Waals surface area (Å²) in [7, 11) is 2.89. The number of nitrogens with zero attached hydrogens (tertiary/aromatic N) is 3. The van der Waals surface area contributed by atoms with Crippen molar-refractivity contribution in [2.75, 3.05) is 37.9 Å². The minimum absolute atomic E-state index is 0.141. The van der Waals surface area contributed by atoms with Gasteiger partial charge in [0.25, 0.3) is 11.1 Å². The lowest BCUT2D eigenvalue weighted by molar-refractivity contribution is 0.0783. The van der Waals surface area contributed by atoms with E-state index in [1.807, 2.05) is 19.1 Å². The lowest BCUT2D eigenvalue weighted by atomic mass is 9.97. The summed E-state index contributed by atoms with van der Waals surface area (Å²) in [5.41, 5.74) is 0.883. The van der Waals surface area contributed by atoms with E-state index in [0.29, 0.717) is 29.8 Å². The molecular formula is C25H34N6O5S. The number of aromatic nitrogens is 3. The predicted molar refractivity (Wildman–Crippen MR) is 143 cm³/mol. The van der Waals surface area contributed by atoms with E-state index in [9.17, 15) is 9.90 Å². The predicted octanol–water partition coefficient (Wildman–Crippen LogP) is 3.94. The van der Waals surface area contributed by atoms with Crippen LogP contribution in [0.2, 0.25) is 0 Å². The van der Waals surface area contributed by atoms with Crippen LogP contribution < -0.4 is 30.2 Å². The van der Waals surface area contributed by atoms with Crippen LogP contribution >= 0.6 is 11.3 Å². The summed E-state index contributed by atoms with van der Waals surface area (Å²) in [6.07, 6.45) is 0. The van der Waals surface area contributed by atoms with Gasteiger partial charge in [-0.15, -0.1) is 0 Å². The van der Waals surface area contributed by atoms with Gasteiger partial charge in [-0.3, -0.25) is 4.79 Å². The molecule has 0 aliphatic carbocycles. The van der Waals surface area contributed by atoms with Crippen molar-refractivity contribution in [2.45, 2.75) is 46.3 Å². The van der Waals surface area contributed by atoms with Gasteiger partial charge < -0.3 is 35.3 Å². The third-order valence-corrected chi connectivity index (χ3v) is 5.95. The van der Waals surface area contributed by atoms with Crippen molar-refractivity contribution in [3.8, 4) is 22.7 Å². The number of benzene rings is 1. The topological polar surface area (TPSA) is 140 Å². The number of carbonyl (C=O) groups excluding carboxylic acids is 1. The number of hydrogen-bond acceptors (Lipinski definition) is 11. The van der Waals surface area contributed by atoms with E-state index in [-0.39, 0.29) is 28.3 Å². The molecule has 0 fully saturated rings. The normalized spacial score (nSPS) is 11.4. The van der Waals surface area contributed by atoms with Gasteiger partial charge in [0, 0.05) is 24.5 Å². The Morgan fingerprint density at radius 2 is 1.78 bits per heavy atom. The fourth-order valence-electron chi connectivity index (χ4n) is 3.21. The van der Waals surface area contributed by atoms with Gasteiger partial charge in [0.05, 0.1) is 19.8 Å². The average molecular weight is 531 g/mol. The Hall–Kier alpha value is -3.48. The molecule has 0 saturated carbocycles. The highest BCUT2D eigenvalue weighted by Crippen LogP contribution is 2.34. The van der Waals surface area contributed by atoms with Gasteiger partial charge in [-0.25, -0.2) is 0 Å². The molecule has 0 bridgehead atoms. The lowest BCUT2D eigenvalue weighted by Crippen LogP contribution is -2.28. The maximum atomic E-state index is 13.0. The summed E-state index contributed by atoms with van der Waals surface area (Å²) in [6.45, 7) is 10.7. The molecule has 11 nitrogen and oxygen atoms in total. The largest absolute Gasteiger partial charge is 0.479 e. The first-order valence-corrected chi connectivity index (χ1v) is 12.6. The van der Waals surface area contributed by atoms with Crippen molar-refractivity contribution in [3.05, 3.63) is 40.4 Å². The molecule has 1 amide bonds. The highest BCUT2D eigenvalue weighted by Gasteiger charge is 2.22. The second kappa shape index (κ2) is 12.2. The Morgan fingerprint density at radius 1 is 1.11 bits per heavy atom. The number of carbonyl (C=O) groups is 1. The third-order valence-electron chi connectivity index (χ3n) is 5.24. The summed E-state index contributed by atoms with van der Waals surface area (Å²) in [4.78, 5) is 26.0. The summed E-state index contributed by atoms with van der Waals surface area (Å²) in [5, 5.41) is 21.3. The van der Waals surface area contributed by atoms with Gasteiger partial charge >= 0.3 is 0 Å². The Labute approximate surface area is 220 Å². The molecule has 0 aliphatic heterocycles. The molecule has 200 valence electrons. The number of ether oxygens (including phenoxy) is 3. The van der Waals surface area contributed by atoms with Gasteiger partial charge in [0.15, 0.2) is 5.69 Å². The lowest BCUT2D eigenvalue weighted by Gasteiger charge is -2.19. The second-order valence-electron chi connectivity index (χ2n) is 9.07. The molecule has 0 radical (unpaired) electrons. The number of hydrogen-bond donors (Lipinski definition) is 4. The molecule has 12 heteroatoms. The van der Waals surface area contributed by atoms with Crippen molar-refractivity contribution < 1.29 is 24.1 Å². The summed E-state index contributed by atoms with van der Waals surface area (Å²) < 4.78 is 16.7. The van der Waals surface area contributed by atoms with Gasteiger partial charge in [-0.2, -0.15) is 15.0 Å². The van der Waals surface area contributed by atoms with Crippen molar-refractivity contribution in [3.63, 3.8) is 0 Å². The third kappa shape index (κ3) is 7.51. The highest BCUT2D eigenvalue weighted by molar-refractivity contribution is 7.11. The zero-order valence-electron chi connectivity index (χ0n) is 22.1. The average Bonchev–Trinajstić information content (AvgIpc) is 3.31. The molecular weight excluding hydrogens is 496 g/mol. The van der Waals surface area contributed by atoms with E-state index >= 15 is 0 Å². The molecule has 0 saturated heterocycles. The molecule has 2 aromatic heterocycles. The molecule has 0 atom stereocenters. The number of aliphatic hydroxyl groups is 1. The molecule has 1 aromatic carbocycles. The van der Waals surface area contributed by atoms with E-state index in [2.05, 4.69) is 44.7 Å². The van der Waals surface area contributed by atoms with Gasteiger partial charge in [0.2, 0.25) is 17.7 Å². The number of amides is 1. The Kier molecular flexibility index (Phi) is 9.24. The minimum atomic E-state index is -1.02. The number of nitrogens with one attached hydrogen (secondary N) is 3. The van der Waals surface area contributed by atoms with Crippen LogP contribution in [-0.4, -0.2) is 59.3 Å². The van der Waals surface area contributed by atoms with Crippen LogP contribution in [0.25, 0.3) is 0 Å². The van der Waals surface area contributed by atoms with Crippen molar-refractivity contribution >= 4 is 28.9 Å². The standard InChI is InChI=1S/C25H34N6O5S/c1-14(2)26-10-11-27-23-30-21(34-6)19(22(31-23)35-7)29-20(32)17-13-37-24(28-17)36-18-12-16(25(4,5)33)9-8-15(18)3/h8-9,12-14,26,33H,10-11H2,1-7H3,(H,29,32)(H,27,30,31). The van der Waals surface area contributed by atoms with E-state index < -0.39 is 11.5 Å². The van der Waals surface area contributed by atoms with Crippen LogP contribution in [0, 0.1) is 6.92 Å². The number of methoxy groups -OCH3 is 2. The molecule has 4 N–H and O–H groups in total. The van der Waals surface area contributed by atoms with Crippen LogP contribution in [0.3, 0.4) is 0 Å². The zero-order chi connectivity index (χ0) is 27.2. The first-order chi connectivity index (χ1) is 17.5. The second-order valence-corrected chi connectivity index (χ2v) is 9.89. The summed E-state index contributed by atoms with van der Waals surface area (Å²) in [5.74, 6) is 0.639. The smallest absolute Gasteiger partial charge is 0.279 e. The first kappa shape index (κ1) is 28.1. The van der Waals surface area contributed by atoms with Gasteiger partial charge in [-0.05, 0) is 38.0 Å². The van der Waals surface area contributed by atoms with Crippen molar-refractivity contribution in [1.82, 2.24) is 20.3 Å². The zero-order valence-corrected chi connectivity index (χ0v) is 22.9. The van der Waals surface area contributed by atoms with Crippen LogP contribution in [0.5, 0.6) is 22.7 Å². The molecule has 3 rings (SSSR count). The number of aryl methyl sites for hydroxylation is 1. The Bertz CT molecular complexity index is 1200. The van der Waals surface area contributed by atoms with E-state index in [1.165, 1.54) is 25.6 Å². The Balaban J connectivity index is 1.74. The maximum Gasteiger partial charge on any atom is 0.279 e. The van der Waals surface area contributed by atoms with Crippen LogP contribution in [-0.2, 0) is 5.60 Å². The number of thiazole rings is 1. The van der Waals surface area contributed by atoms with Crippen LogP contribution in [0.15, 0.2) is 23.6 Å². The molecule has 2 heterocycles. The quantitative estimate of drug-likeness (QED) is 0.255. The molecule has 0 unspecified atom stereocenters. The number of rotatable bonds is 12. The van der Waals surface area contributed by atoms with Crippen LogP contribution in [0.4, 0.5) is 11.6 Å². The van der Waals surface area contributed by atoms with Gasteiger partial charge in [-0.1, -0.05) is 37.3 Å². The molecule has 3 aromatic rings. The highest BCUT2D eigenvalue weighted by atomic mass is 32.1. The van der Waals surface area contributed by atoms with E-state index in [0.717, 1.165) is 12.1 Å². The molecule has 0 spiro atoms. The Morgan fingerprint density at radius 3 is 2.38 bits per heavy atom. The fraction of sp³-hybridized carbons (Fsp3) is 0.440. The van der Waals surface area contributed by atoms with E-state index in [1.54, 1.807) is 25.3 Å². The van der Waals surface area contributed by atoms with Crippen LogP contribution in [0.1, 0.15) is 49.3 Å². The number of anilines is 2. The summed E-state index contributed by atoms with van der Waals surface area (Å²) in [6, 6.07) is 5.83. The SMILES string of the molecule is COc1nc(NCCNC(C)C)nc(OC)c1NC(=O)c1csc(Oc2cc(C(C)(C)O)ccc2C)n1. The monoisotopic (exact) mass is 530 g/mol. The van der Waals surface area contributed by atoms with Crippen molar-refractivity contribution in [1.29, 1.82) is 0 Å². The van der Waals surface area contributed by atoms with Gasteiger partial charge in [0.1, 0.15) is 11.4 Å². The van der Waals surface area contributed by atoms with E-state index in [4.69, 9.17) is 14.2 Å².